The van der Waals surface area contributed by atoms with Gasteiger partial charge in [-0.15, -0.1) is 0 Å². The molecule has 1 aliphatic rings. The minimum Gasteiger partial charge on any atom is -0.490 e. The summed E-state index contributed by atoms with van der Waals surface area (Å²) >= 11 is 0. The lowest BCUT2D eigenvalue weighted by Crippen LogP contribution is -2.35. The lowest BCUT2D eigenvalue weighted by atomic mass is 9.89. The molecule has 1 fully saturated rings. The van der Waals surface area contributed by atoms with E-state index in [1.165, 1.54) is 18.9 Å². The summed E-state index contributed by atoms with van der Waals surface area (Å²) in [5.41, 5.74) is 0.910. The normalized spacial score (nSPS) is 23.1. The zero-order valence-electron chi connectivity index (χ0n) is 13.7. The van der Waals surface area contributed by atoms with E-state index in [-0.39, 0.29) is 17.5 Å². The third-order valence-corrected chi connectivity index (χ3v) is 4.09. The summed E-state index contributed by atoms with van der Waals surface area (Å²) in [6.45, 7) is 9.24. The first-order valence-corrected chi connectivity index (χ1v) is 8.03. The molecule has 0 unspecified atom stereocenters. The molecule has 3 heteroatoms. The van der Waals surface area contributed by atoms with Crippen LogP contribution in [0.25, 0.3) is 0 Å². The fraction of sp³-hybridized carbons (Fsp3) is 0.667. The molecule has 2 nitrogen and oxygen atoms in total. The van der Waals surface area contributed by atoms with Gasteiger partial charge in [-0.2, -0.15) is 0 Å². The molecule has 118 valence electrons. The number of rotatable bonds is 4. The van der Waals surface area contributed by atoms with Gasteiger partial charge in [0, 0.05) is 17.6 Å². The second-order valence-electron chi connectivity index (χ2n) is 7.36. The van der Waals surface area contributed by atoms with Crippen LogP contribution in [0.5, 0.6) is 5.75 Å². The van der Waals surface area contributed by atoms with Crippen LogP contribution in [0, 0.1) is 11.7 Å². The Morgan fingerprint density at radius 1 is 1.19 bits per heavy atom. The summed E-state index contributed by atoms with van der Waals surface area (Å²) in [5, 5.41) is 3.40. The lowest BCUT2D eigenvalue weighted by molar-refractivity contribution is 0.134. The number of benzene rings is 1. The maximum atomic E-state index is 13.5. The summed E-state index contributed by atoms with van der Waals surface area (Å²) in [5.74, 6) is 1.43. The third-order valence-electron chi connectivity index (χ3n) is 4.09. The standard InChI is InChI=1S/C18H28FNO/c1-13-5-8-16(9-6-13)21-17-10-7-15(19)11-14(17)12-20-18(2,3)4/h7,10-11,13,16,20H,5-6,8-9,12H2,1-4H3. The second-order valence-corrected chi connectivity index (χ2v) is 7.36. The van der Waals surface area contributed by atoms with Crippen molar-refractivity contribution in [2.75, 3.05) is 0 Å². The molecule has 0 bridgehead atoms. The van der Waals surface area contributed by atoms with Crippen LogP contribution in [0.4, 0.5) is 4.39 Å². The highest BCUT2D eigenvalue weighted by Crippen LogP contribution is 2.29. The molecule has 21 heavy (non-hydrogen) atoms. The summed E-state index contributed by atoms with van der Waals surface area (Å²) in [4.78, 5) is 0. The molecule has 0 aliphatic heterocycles. The van der Waals surface area contributed by atoms with Crippen molar-refractivity contribution in [2.45, 2.75) is 71.6 Å². The molecule has 1 aromatic carbocycles. The predicted molar refractivity (Wildman–Crippen MR) is 85.0 cm³/mol. The average Bonchev–Trinajstić information content (AvgIpc) is 2.40. The van der Waals surface area contributed by atoms with Gasteiger partial charge in [-0.25, -0.2) is 4.39 Å². The van der Waals surface area contributed by atoms with E-state index in [1.807, 2.05) is 0 Å². The number of nitrogens with one attached hydrogen (secondary N) is 1. The minimum atomic E-state index is -0.203. The first-order valence-electron chi connectivity index (χ1n) is 8.03. The van der Waals surface area contributed by atoms with E-state index in [1.54, 1.807) is 12.1 Å². The van der Waals surface area contributed by atoms with E-state index in [9.17, 15) is 4.39 Å². The van der Waals surface area contributed by atoms with E-state index >= 15 is 0 Å². The van der Waals surface area contributed by atoms with Gasteiger partial charge in [0.2, 0.25) is 0 Å². The minimum absolute atomic E-state index is 0.00383. The molecule has 2 rings (SSSR count). The van der Waals surface area contributed by atoms with Crippen molar-refractivity contribution in [3.8, 4) is 5.75 Å². The van der Waals surface area contributed by atoms with Gasteiger partial charge in [-0.3, -0.25) is 0 Å². The Morgan fingerprint density at radius 3 is 2.48 bits per heavy atom. The molecule has 0 aromatic heterocycles. The van der Waals surface area contributed by atoms with Crippen LogP contribution in [0.3, 0.4) is 0 Å². The van der Waals surface area contributed by atoms with E-state index in [0.717, 1.165) is 30.1 Å². The van der Waals surface area contributed by atoms with Gasteiger partial charge in [0.25, 0.3) is 0 Å². The first kappa shape index (κ1) is 16.3. The molecule has 1 aromatic rings. The summed E-state index contributed by atoms with van der Waals surface area (Å²) < 4.78 is 19.7. The van der Waals surface area contributed by atoms with Crippen LogP contribution in [-0.2, 0) is 6.54 Å². The molecule has 0 radical (unpaired) electrons. The van der Waals surface area contributed by atoms with Crippen molar-refractivity contribution in [3.63, 3.8) is 0 Å². The number of halogens is 1. The summed E-state index contributed by atoms with van der Waals surface area (Å²) in [6, 6.07) is 4.84. The highest BCUT2D eigenvalue weighted by molar-refractivity contribution is 5.34. The fourth-order valence-corrected chi connectivity index (χ4v) is 2.69. The lowest BCUT2D eigenvalue weighted by Gasteiger charge is -2.28. The Hall–Kier alpha value is -1.09. The van der Waals surface area contributed by atoms with Crippen LogP contribution in [0.15, 0.2) is 18.2 Å². The van der Waals surface area contributed by atoms with Gasteiger partial charge in [0.15, 0.2) is 0 Å². The Kier molecular flexibility index (Phi) is 5.26. The van der Waals surface area contributed by atoms with Crippen molar-refractivity contribution in [1.29, 1.82) is 0 Å². The largest absolute Gasteiger partial charge is 0.490 e. The van der Waals surface area contributed by atoms with Crippen molar-refractivity contribution < 1.29 is 9.13 Å². The highest BCUT2D eigenvalue weighted by Gasteiger charge is 2.21. The number of hydrogen-bond donors (Lipinski definition) is 1. The fourth-order valence-electron chi connectivity index (χ4n) is 2.69. The van der Waals surface area contributed by atoms with Crippen LogP contribution < -0.4 is 10.1 Å². The third kappa shape index (κ3) is 5.31. The molecular formula is C18H28FNO. The van der Waals surface area contributed by atoms with Crippen molar-refractivity contribution >= 4 is 0 Å². The topological polar surface area (TPSA) is 21.3 Å². The van der Waals surface area contributed by atoms with Crippen LogP contribution in [0.1, 0.15) is 58.9 Å². The highest BCUT2D eigenvalue weighted by atomic mass is 19.1. The predicted octanol–water partition coefficient (Wildman–Crippen LogP) is 4.67. The van der Waals surface area contributed by atoms with Crippen molar-refractivity contribution in [1.82, 2.24) is 5.32 Å². The number of ether oxygens (including phenoxy) is 1. The smallest absolute Gasteiger partial charge is 0.124 e. The molecule has 0 amide bonds. The summed E-state index contributed by atoms with van der Waals surface area (Å²) in [7, 11) is 0. The Bertz CT molecular complexity index is 459. The van der Waals surface area contributed by atoms with Crippen molar-refractivity contribution in [2.24, 2.45) is 5.92 Å². The molecule has 1 N–H and O–H groups in total. The average molecular weight is 293 g/mol. The van der Waals surface area contributed by atoms with E-state index in [4.69, 9.17) is 4.74 Å². The summed E-state index contributed by atoms with van der Waals surface area (Å²) in [6.07, 6.45) is 4.93. The van der Waals surface area contributed by atoms with Gasteiger partial charge in [0.05, 0.1) is 6.10 Å². The molecular weight excluding hydrogens is 265 g/mol. The van der Waals surface area contributed by atoms with Crippen molar-refractivity contribution in [3.05, 3.63) is 29.6 Å². The monoisotopic (exact) mass is 293 g/mol. The molecule has 1 saturated carbocycles. The van der Waals surface area contributed by atoms with Crippen LogP contribution in [0.2, 0.25) is 0 Å². The molecule has 0 atom stereocenters. The van der Waals surface area contributed by atoms with E-state index in [2.05, 4.69) is 33.0 Å². The van der Waals surface area contributed by atoms with E-state index in [0.29, 0.717) is 6.54 Å². The van der Waals surface area contributed by atoms with E-state index < -0.39 is 0 Å². The Balaban J connectivity index is 2.04. The number of hydrogen-bond acceptors (Lipinski definition) is 2. The quantitative estimate of drug-likeness (QED) is 0.871. The maximum Gasteiger partial charge on any atom is 0.124 e. The Morgan fingerprint density at radius 2 is 1.86 bits per heavy atom. The zero-order chi connectivity index (χ0) is 15.5. The van der Waals surface area contributed by atoms with Gasteiger partial charge < -0.3 is 10.1 Å². The van der Waals surface area contributed by atoms with Gasteiger partial charge >= 0.3 is 0 Å². The molecule has 0 saturated heterocycles. The van der Waals surface area contributed by atoms with Crippen LogP contribution >= 0.6 is 0 Å². The molecule has 1 aliphatic carbocycles. The van der Waals surface area contributed by atoms with Crippen LogP contribution in [-0.4, -0.2) is 11.6 Å². The SMILES string of the molecule is CC1CCC(Oc2ccc(F)cc2CNC(C)(C)C)CC1. The first-order chi connectivity index (χ1) is 9.83. The van der Waals surface area contributed by atoms with Gasteiger partial charge in [-0.1, -0.05) is 6.92 Å². The zero-order valence-corrected chi connectivity index (χ0v) is 13.7. The van der Waals surface area contributed by atoms with Gasteiger partial charge in [-0.05, 0) is 70.6 Å². The molecule has 0 spiro atoms. The molecule has 0 heterocycles. The maximum absolute atomic E-state index is 13.5. The Labute approximate surface area is 128 Å². The van der Waals surface area contributed by atoms with Gasteiger partial charge in [0.1, 0.15) is 11.6 Å². The second kappa shape index (κ2) is 6.78.